The van der Waals surface area contributed by atoms with Crippen LogP contribution in [0.2, 0.25) is 0 Å². The van der Waals surface area contributed by atoms with Crippen LogP contribution in [0.4, 0.5) is 5.69 Å². The van der Waals surface area contributed by atoms with E-state index in [9.17, 15) is 23.1 Å². The second kappa shape index (κ2) is 10.6. The molecule has 9 heteroatoms. The maximum atomic E-state index is 13.7. The molecular weight excluding hydrogens is 480 g/mol. The number of ether oxygens (including phenoxy) is 1. The van der Waals surface area contributed by atoms with Gasteiger partial charge in [-0.3, -0.25) is 9.59 Å². The maximum Gasteiger partial charge on any atom is 0.323 e. The third-order valence-electron chi connectivity index (χ3n) is 5.77. The zero-order valence-electron chi connectivity index (χ0n) is 19.3. The number of fused-ring (bicyclic) bond motifs is 1. The van der Waals surface area contributed by atoms with E-state index in [-0.39, 0.29) is 24.6 Å². The highest BCUT2D eigenvalue weighted by atomic mass is 32.2. The van der Waals surface area contributed by atoms with Gasteiger partial charge in [-0.25, -0.2) is 8.42 Å². The minimum atomic E-state index is -4.25. The normalized spacial score (nSPS) is 15.8. The van der Waals surface area contributed by atoms with Crippen molar-refractivity contribution in [1.29, 1.82) is 0 Å². The summed E-state index contributed by atoms with van der Waals surface area (Å²) in [4.78, 5) is 27.0. The molecule has 1 aliphatic heterocycles. The molecule has 1 atom stereocenters. The summed E-state index contributed by atoms with van der Waals surface area (Å²) in [5.41, 5.74) is 3.94. The van der Waals surface area contributed by atoms with E-state index in [0.29, 0.717) is 22.6 Å². The van der Waals surface area contributed by atoms with Gasteiger partial charge < -0.3 is 14.7 Å². The Kier molecular flexibility index (Phi) is 7.36. The Morgan fingerprint density at radius 1 is 1.03 bits per heavy atom. The largest absolute Gasteiger partial charge is 0.489 e. The second-order valence-corrected chi connectivity index (χ2v) is 9.90. The lowest BCUT2D eigenvalue weighted by Gasteiger charge is -2.28. The fraction of sp³-hybridized carbons (Fsp3) is 0.148. The SMILES string of the molecule is C=C=CCOc1ccc(S(=O)(=O)N2Cc3ccccc3N(C(=O)c3ccccc3)CC2C(=O)O)cc1. The Balaban J connectivity index is 1.73. The lowest BCUT2D eigenvalue weighted by Crippen LogP contribution is -2.50. The molecule has 0 radical (unpaired) electrons. The molecule has 8 nitrogen and oxygen atoms in total. The monoisotopic (exact) mass is 504 g/mol. The Morgan fingerprint density at radius 3 is 2.36 bits per heavy atom. The number of nitrogens with zero attached hydrogens (tertiary/aromatic N) is 2. The summed E-state index contributed by atoms with van der Waals surface area (Å²) in [6.07, 6.45) is 1.58. The number of anilines is 1. The average molecular weight is 505 g/mol. The Hall–Kier alpha value is -4.17. The van der Waals surface area contributed by atoms with Gasteiger partial charge >= 0.3 is 5.97 Å². The van der Waals surface area contributed by atoms with Crippen LogP contribution in [0, 0.1) is 0 Å². The minimum absolute atomic E-state index is 0.0827. The van der Waals surface area contributed by atoms with Gasteiger partial charge in [-0.15, -0.1) is 5.73 Å². The molecule has 1 N–H and O–H groups in total. The summed E-state index contributed by atoms with van der Waals surface area (Å²) >= 11 is 0. The molecule has 0 aliphatic carbocycles. The summed E-state index contributed by atoms with van der Waals surface area (Å²) < 4.78 is 33.7. The fourth-order valence-electron chi connectivity index (χ4n) is 3.97. The van der Waals surface area contributed by atoms with E-state index in [1.165, 1.54) is 29.2 Å². The van der Waals surface area contributed by atoms with Crippen LogP contribution in [-0.2, 0) is 21.4 Å². The van der Waals surface area contributed by atoms with Crippen LogP contribution in [-0.4, -0.2) is 48.9 Å². The standard InChI is InChI=1S/C27H24N2O6S/c1-2-3-17-35-22-13-15-23(16-14-22)36(33,34)29-18-21-11-7-8-12-24(21)28(19-25(29)27(31)32)26(30)20-9-5-4-6-10-20/h3-16,25H,1,17-19H2,(H,31,32). The Labute approximate surface area is 209 Å². The highest BCUT2D eigenvalue weighted by molar-refractivity contribution is 7.89. The van der Waals surface area contributed by atoms with E-state index < -0.39 is 27.9 Å². The third kappa shape index (κ3) is 5.08. The summed E-state index contributed by atoms with van der Waals surface area (Å²) in [5.74, 6) is -1.33. The first-order valence-corrected chi connectivity index (χ1v) is 12.5. The number of para-hydroxylation sites is 1. The molecule has 0 saturated heterocycles. The van der Waals surface area contributed by atoms with Crippen LogP contribution in [0.25, 0.3) is 0 Å². The zero-order chi connectivity index (χ0) is 25.7. The molecule has 0 spiro atoms. The van der Waals surface area contributed by atoms with Crippen LogP contribution in [0.3, 0.4) is 0 Å². The van der Waals surface area contributed by atoms with Crippen LogP contribution < -0.4 is 9.64 Å². The van der Waals surface area contributed by atoms with E-state index in [0.717, 1.165) is 4.31 Å². The molecule has 1 aliphatic rings. The van der Waals surface area contributed by atoms with Crippen LogP contribution >= 0.6 is 0 Å². The number of amides is 1. The number of carboxylic acid groups (broad SMARTS) is 1. The smallest absolute Gasteiger partial charge is 0.323 e. The van der Waals surface area contributed by atoms with Gasteiger partial charge in [-0.2, -0.15) is 4.31 Å². The van der Waals surface area contributed by atoms with Crippen molar-refractivity contribution >= 4 is 27.6 Å². The molecule has 0 aromatic heterocycles. The van der Waals surface area contributed by atoms with Gasteiger partial charge in [0.1, 0.15) is 18.4 Å². The molecule has 0 saturated carbocycles. The van der Waals surface area contributed by atoms with Crippen LogP contribution in [0.1, 0.15) is 15.9 Å². The molecular formula is C27H24N2O6S. The van der Waals surface area contributed by atoms with Gasteiger partial charge in [0.15, 0.2) is 0 Å². The van der Waals surface area contributed by atoms with Crippen molar-refractivity contribution in [2.75, 3.05) is 18.1 Å². The number of benzene rings is 3. The second-order valence-electron chi connectivity index (χ2n) is 8.01. The van der Waals surface area contributed by atoms with Crippen molar-refractivity contribution in [2.45, 2.75) is 17.5 Å². The summed E-state index contributed by atoms with van der Waals surface area (Å²) in [6.45, 7) is 3.11. The number of hydrogen-bond acceptors (Lipinski definition) is 5. The quantitative estimate of drug-likeness (QED) is 0.492. The highest BCUT2D eigenvalue weighted by Crippen LogP contribution is 2.32. The van der Waals surface area contributed by atoms with Crippen molar-refractivity contribution in [3.05, 3.63) is 108 Å². The Morgan fingerprint density at radius 2 is 1.69 bits per heavy atom. The van der Waals surface area contributed by atoms with Gasteiger partial charge in [-0.1, -0.05) is 43.0 Å². The molecule has 1 amide bonds. The van der Waals surface area contributed by atoms with E-state index >= 15 is 0 Å². The van der Waals surface area contributed by atoms with Crippen molar-refractivity contribution in [1.82, 2.24) is 4.31 Å². The average Bonchev–Trinajstić information content (AvgIpc) is 3.07. The number of aliphatic carboxylic acids is 1. The van der Waals surface area contributed by atoms with Crippen molar-refractivity contribution in [3.8, 4) is 5.75 Å². The van der Waals surface area contributed by atoms with Gasteiger partial charge in [0.25, 0.3) is 5.91 Å². The summed E-state index contributed by atoms with van der Waals surface area (Å²) in [5, 5.41) is 10.1. The Bertz CT molecular complexity index is 1410. The fourth-order valence-corrected chi connectivity index (χ4v) is 5.52. The number of rotatable bonds is 7. The van der Waals surface area contributed by atoms with Crippen molar-refractivity contribution in [2.24, 2.45) is 0 Å². The predicted molar refractivity (Wildman–Crippen MR) is 134 cm³/mol. The maximum absolute atomic E-state index is 13.7. The number of carbonyl (C=O) groups is 2. The highest BCUT2D eigenvalue weighted by Gasteiger charge is 2.41. The topological polar surface area (TPSA) is 104 Å². The molecule has 0 bridgehead atoms. The third-order valence-corrected chi connectivity index (χ3v) is 7.64. The first-order chi connectivity index (χ1) is 17.3. The number of hydrogen-bond donors (Lipinski definition) is 1. The lowest BCUT2D eigenvalue weighted by atomic mass is 10.1. The molecule has 4 rings (SSSR count). The van der Waals surface area contributed by atoms with Gasteiger partial charge in [0, 0.05) is 17.8 Å². The minimum Gasteiger partial charge on any atom is -0.489 e. The summed E-state index contributed by atoms with van der Waals surface area (Å²) in [6, 6.07) is 19.5. The molecule has 3 aromatic rings. The molecule has 3 aromatic carbocycles. The summed E-state index contributed by atoms with van der Waals surface area (Å²) in [7, 11) is -4.25. The van der Waals surface area contributed by atoms with E-state index in [4.69, 9.17) is 4.74 Å². The number of carbonyl (C=O) groups excluding carboxylic acids is 1. The van der Waals surface area contributed by atoms with Crippen molar-refractivity contribution in [3.63, 3.8) is 0 Å². The van der Waals surface area contributed by atoms with E-state index in [2.05, 4.69) is 12.3 Å². The number of sulfonamides is 1. The molecule has 1 heterocycles. The molecule has 1 unspecified atom stereocenters. The first-order valence-electron chi connectivity index (χ1n) is 11.1. The van der Waals surface area contributed by atoms with E-state index in [1.807, 2.05) is 0 Å². The lowest BCUT2D eigenvalue weighted by molar-refractivity contribution is -0.141. The van der Waals surface area contributed by atoms with Gasteiger partial charge in [0.2, 0.25) is 10.0 Å². The number of carboxylic acids is 1. The molecule has 36 heavy (non-hydrogen) atoms. The van der Waals surface area contributed by atoms with Gasteiger partial charge in [-0.05, 0) is 54.1 Å². The van der Waals surface area contributed by atoms with Crippen LogP contribution in [0.15, 0.2) is 102 Å². The molecule has 0 fully saturated rings. The first kappa shape index (κ1) is 24.9. The molecule has 184 valence electrons. The van der Waals surface area contributed by atoms with Gasteiger partial charge in [0.05, 0.1) is 11.4 Å². The zero-order valence-corrected chi connectivity index (χ0v) is 20.1. The van der Waals surface area contributed by atoms with Crippen LogP contribution in [0.5, 0.6) is 5.75 Å². The van der Waals surface area contributed by atoms with Crippen molar-refractivity contribution < 1.29 is 27.9 Å². The predicted octanol–water partition coefficient (Wildman–Crippen LogP) is 3.71. The van der Waals surface area contributed by atoms with E-state index in [1.54, 1.807) is 60.7 Å².